The van der Waals surface area contributed by atoms with Gasteiger partial charge < -0.3 is 25.5 Å². The Balaban J connectivity index is -0.000000154. The maximum atomic E-state index is 10.2. The minimum absolute atomic E-state index is 0. The van der Waals surface area contributed by atoms with Crippen LogP contribution in [-0.2, 0) is 42.5 Å². The van der Waals surface area contributed by atoms with Crippen molar-refractivity contribution in [1.82, 2.24) is 0 Å². The van der Waals surface area contributed by atoms with Gasteiger partial charge in [0, 0.05) is 50.7 Å². The Bertz CT molecular complexity index is 871. The third kappa shape index (κ3) is 98.3. The first kappa shape index (κ1) is 70.6. The summed E-state index contributed by atoms with van der Waals surface area (Å²) in [6.45, 7) is 33.2. The molecule has 0 aliphatic heterocycles. The number of carboxylic acid groups (broad SMARTS) is 5. The van der Waals surface area contributed by atoms with Gasteiger partial charge in [-0.15, -0.1) is 0 Å². The molecule has 0 saturated heterocycles. The molecule has 0 aliphatic carbocycles. The summed E-state index contributed by atoms with van der Waals surface area (Å²) < 4.78 is 0. The molecule has 0 spiro atoms. The number of hydrogen-bond donors (Lipinski definition) is 5. The second-order valence-electron chi connectivity index (χ2n) is 22.6. The van der Waals surface area contributed by atoms with Crippen LogP contribution in [0.5, 0.6) is 0 Å². The number of hydrogen-bond acceptors (Lipinski definition) is 5. The maximum Gasteiger partial charge on any atom is 0.303 e. The monoisotopic (exact) mass is 912 g/mol. The predicted octanol–water partition coefficient (Wildman–Crippen LogP) is 15.3. The van der Waals surface area contributed by atoms with Gasteiger partial charge in [0.15, 0.2) is 0 Å². The van der Waals surface area contributed by atoms with Crippen molar-refractivity contribution in [2.45, 2.75) is 264 Å². The van der Waals surface area contributed by atoms with Crippen molar-refractivity contribution >= 4 is 29.8 Å². The van der Waals surface area contributed by atoms with Crippen molar-refractivity contribution in [2.24, 2.45) is 27.1 Å². The average molecular weight is 912 g/mol. The molecule has 10 nitrogen and oxygen atoms in total. The second kappa shape index (κ2) is 40.7. The van der Waals surface area contributed by atoms with Crippen molar-refractivity contribution < 1.29 is 68.1 Å². The van der Waals surface area contributed by atoms with Gasteiger partial charge in [0.2, 0.25) is 0 Å². The molecule has 1 radical (unpaired) electrons. The van der Waals surface area contributed by atoms with Gasteiger partial charge >= 0.3 is 29.8 Å². The molecule has 0 aromatic carbocycles. The molecule has 0 heterocycles. The molecule has 11 heteroatoms. The van der Waals surface area contributed by atoms with Crippen LogP contribution in [0.3, 0.4) is 0 Å². The number of rotatable bonds is 25. The minimum atomic E-state index is -0.675. The molecule has 0 unspecified atom stereocenters. The summed E-state index contributed by atoms with van der Waals surface area (Å²) in [7, 11) is 0. The quantitative estimate of drug-likeness (QED) is 0.0552. The Hall–Kier alpha value is -2.07. The van der Waals surface area contributed by atoms with E-state index in [2.05, 4.69) is 104 Å². The topological polar surface area (TPSA) is 186 Å². The van der Waals surface area contributed by atoms with Crippen molar-refractivity contribution in [3.05, 3.63) is 0 Å². The van der Waals surface area contributed by atoms with Crippen molar-refractivity contribution in [3.8, 4) is 0 Å². The molecular formula is C50H100O10V. The summed E-state index contributed by atoms with van der Waals surface area (Å²) in [5, 5.41) is 41.9. The molecule has 0 fully saturated rings. The molecule has 0 aliphatic rings. The van der Waals surface area contributed by atoms with Crippen LogP contribution >= 0.6 is 0 Å². The van der Waals surface area contributed by atoms with E-state index >= 15 is 0 Å². The summed E-state index contributed by atoms with van der Waals surface area (Å²) in [4.78, 5) is 50.8. The van der Waals surface area contributed by atoms with E-state index in [0.717, 1.165) is 96.3 Å². The smallest absolute Gasteiger partial charge is 0.303 e. The Morgan fingerprint density at radius 2 is 0.361 bits per heavy atom. The third-order valence-electron chi connectivity index (χ3n) is 9.09. The van der Waals surface area contributed by atoms with Gasteiger partial charge in [0.1, 0.15) is 0 Å². The first-order chi connectivity index (χ1) is 27.1. The zero-order chi connectivity index (χ0) is 48.1. The Kier molecular flexibility index (Phi) is 47.1. The van der Waals surface area contributed by atoms with Crippen LogP contribution in [0, 0.1) is 27.1 Å². The van der Waals surface area contributed by atoms with Gasteiger partial charge in [-0.1, -0.05) is 168 Å². The van der Waals surface area contributed by atoms with Gasteiger partial charge in [-0.2, -0.15) is 0 Å². The molecule has 5 N–H and O–H groups in total. The van der Waals surface area contributed by atoms with Crippen molar-refractivity contribution in [3.63, 3.8) is 0 Å². The summed E-state index contributed by atoms with van der Waals surface area (Å²) in [6, 6.07) is 0. The number of aliphatic carboxylic acids is 5. The van der Waals surface area contributed by atoms with Gasteiger partial charge in [-0.25, -0.2) is 0 Å². The van der Waals surface area contributed by atoms with Crippen molar-refractivity contribution in [1.29, 1.82) is 0 Å². The van der Waals surface area contributed by atoms with Crippen molar-refractivity contribution in [2.75, 3.05) is 0 Å². The van der Waals surface area contributed by atoms with E-state index in [0.29, 0.717) is 59.2 Å². The van der Waals surface area contributed by atoms with Gasteiger partial charge in [-0.05, 0) is 91.3 Å². The van der Waals surface area contributed by atoms with E-state index in [9.17, 15) is 24.0 Å². The van der Waals surface area contributed by atoms with Crippen LogP contribution in [0.1, 0.15) is 264 Å². The molecule has 0 amide bonds. The standard InChI is InChI=1S/5C10H20O2.V/c5*1-10(2,3)8-6-4-5-7-9(11)12;/h5*4-8H2,1-3H3,(H,11,12);. The molecule has 61 heavy (non-hydrogen) atoms. The van der Waals surface area contributed by atoms with Crippen LogP contribution in [0.2, 0.25) is 0 Å². The van der Waals surface area contributed by atoms with E-state index < -0.39 is 29.8 Å². The zero-order valence-corrected chi connectivity index (χ0v) is 43.8. The second-order valence-corrected chi connectivity index (χ2v) is 22.6. The fraction of sp³-hybridized carbons (Fsp3) is 0.900. The number of unbranched alkanes of at least 4 members (excludes halogenated alkanes) is 10. The van der Waals surface area contributed by atoms with E-state index in [4.69, 9.17) is 25.5 Å². The maximum absolute atomic E-state index is 10.2. The van der Waals surface area contributed by atoms with Gasteiger partial charge in [0.25, 0.3) is 0 Å². The first-order valence-electron chi connectivity index (χ1n) is 23.2. The van der Waals surface area contributed by atoms with E-state index in [1.54, 1.807) is 0 Å². The molecule has 0 saturated carbocycles. The molecule has 0 bridgehead atoms. The first-order valence-corrected chi connectivity index (χ1v) is 23.2. The third-order valence-corrected chi connectivity index (χ3v) is 9.09. The summed E-state index contributed by atoms with van der Waals surface area (Å²) >= 11 is 0. The van der Waals surface area contributed by atoms with Crippen LogP contribution < -0.4 is 0 Å². The van der Waals surface area contributed by atoms with Crippen LogP contribution in [-0.4, -0.2) is 55.4 Å². The number of carboxylic acids is 5. The summed E-state index contributed by atoms with van der Waals surface area (Å²) in [5.74, 6) is -3.38. The largest absolute Gasteiger partial charge is 0.481 e. The molecule has 0 rings (SSSR count). The molecule has 365 valence electrons. The van der Waals surface area contributed by atoms with Crippen LogP contribution in [0.15, 0.2) is 0 Å². The van der Waals surface area contributed by atoms with Crippen LogP contribution in [0.25, 0.3) is 0 Å². The zero-order valence-electron chi connectivity index (χ0n) is 42.4. The fourth-order valence-electron chi connectivity index (χ4n) is 5.54. The Morgan fingerprint density at radius 1 is 0.246 bits per heavy atom. The normalized spacial score (nSPS) is 11.4. The Labute approximate surface area is 387 Å². The average Bonchev–Trinajstić information content (AvgIpc) is 3.02. The molecular weight excluding hydrogens is 811 g/mol. The molecule has 0 aromatic heterocycles. The molecule has 0 aromatic rings. The minimum Gasteiger partial charge on any atom is -0.481 e. The van der Waals surface area contributed by atoms with E-state index in [-0.39, 0.29) is 18.6 Å². The Morgan fingerprint density at radius 3 is 0.443 bits per heavy atom. The predicted molar refractivity (Wildman–Crippen MR) is 251 cm³/mol. The van der Waals surface area contributed by atoms with Gasteiger partial charge in [0.05, 0.1) is 0 Å². The SMILES string of the molecule is CC(C)(C)CCCCCC(=O)O.CC(C)(C)CCCCCC(=O)O.CC(C)(C)CCCCCC(=O)O.CC(C)(C)CCCCCC(=O)O.CC(C)(C)CCCCCC(=O)O.[V]. The van der Waals surface area contributed by atoms with Gasteiger partial charge in [-0.3, -0.25) is 24.0 Å². The van der Waals surface area contributed by atoms with E-state index in [1.807, 2.05) is 0 Å². The van der Waals surface area contributed by atoms with Crippen LogP contribution in [0.4, 0.5) is 0 Å². The summed E-state index contributed by atoms with van der Waals surface area (Å²) in [6.07, 6.45) is 22.7. The number of carbonyl (C=O) groups is 5. The summed E-state index contributed by atoms with van der Waals surface area (Å²) in [5.41, 5.74) is 1.96. The molecule has 0 atom stereocenters. The fourth-order valence-corrected chi connectivity index (χ4v) is 5.54. The van der Waals surface area contributed by atoms with E-state index in [1.165, 1.54) is 32.1 Å².